The van der Waals surface area contributed by atoms with Gasteiger partial charge in [-0.2, -0.15) is 0 Å². The van der Waals surface area contributed by atoms with Crippen molar-refractivity contribution in [3.63, 3.8) is 0 Å². The summed E-state index contributed by atoms with van der Waals surface area (Å²) in [5, 5.41) is 3.39. The van der Waals surface area contributed by atoms with Gasteiger partial charge in [-0.25, -0.2) is 4.39 Å². The second-order valence-corrected chi connectivity index (χ2v) is 9.24. The van der Waals surface area contributed by atoms with Crippen LogP contribution < -0.4 is 19.7 Å². The van der Waals surface area contributed by atoms with E-state index in [4.69, 9.17) is 44.9 Å². The molecular formula is C26H24Cl2FN3O3S. The van der Waals surface area contributed by atoms with Crippen molar-refractivity contribution in [3.05, 3.63) is 82.1 Å². The quantitative estimate of drug-likeness (QED) is 0.385. The molecule has 0 aromatic heterocycles. The summed E-state index contributed by atoms with van der Waals surface area (Å²) in [6.45, 7) is 2.24. The maximum absolute atomic E-state index is 14.1. The predicted molar refractivity (Wildman–Crippen MR) is 145 cm³/mol. The van der Waals surface area contributed by atoms with Gasteiger partial charge in [-0.05, 0) is 36.4 Å². The molecule has 188 valence electrons. The smallest absolute Gasteiger partial charge is 0.262 e. The summed E-state index contributed by atoms with van der Waals surface area (Å²) in [5.74, 6) is -0.0329. The van der Waals surface area contributed by atoms with Crippen LogP contribution in [0.3, 0.4) is 0 Å². The van der Waals surface area contributed by atoms with E-state index in [0.29, 0.717) is 58.9 Å². The van der Waals surface area contributed by atoms with Gasteiger partial charge in [-0.15, -0.1) is 0 Å². The van der Waals surface area contributed by atoms with Crippen LogP contribution in [0, 0.1) is 5.82 Å². The van der Waals surface area contributed by atoms with Gasteiger partial charge in [0, 0.05) is 31.7 Å². The monoisotopic (exact) mass is 547 g/mol. The van der Waals surface area contributed by atoms with Crippen LogP contribution >= 0.6 is 35.4 Å². The Morgan fingerprint density at radius 1 is 1.03 bits per heavy atom. The third-order valence-electron chi connectivity index (χ3n) is 5.73. The van der Waals surface area contributed by atoms with Crippen LogP contribution in [0.4, 0.5) is 15.8 Å². The maximum Gasteiger partial charge on any atom is 0.262 e. The summed E-state index contributed by atoms with van der Waals surface area (Å²) in [4.78, 5) is 17.0. The van der Waals surface area contributed by atoms with E-state index in [9.17, 15) is 9.18 Å². The lowest BCUT2D eigenvalue weighted by Gasteiger charge is -2.37. The number of anilines is 2. The molecule has 0 atom stereocenters. The van der Waals surface area contributed by atoms with Crippen molar-refractivity contribution in [1.82, 2.24) is 4.90 Å². The molecule has 1 amide bonds. The van der Waals surface area contributed by atoms with Crippen LogP contribution in [0.5, 0.6) is 11.5 Å². The van der Waals surface area contributed by atoms with Crippen molar-refractivity contribution in [2.45, 2.75) is 0 Å². The van der Waals surface area contributed by atoms with Crippen LogP contribution in [-0.2, 0) is 4.79 Å². The number of thiocarbonyl (C=S) groups is 1. The number of carbonyl (C=O) groups is 1. The highest BCUT2D eigenvalue weighted by atomic mass is 35.5. The van der Waals surface area contributed by atoms with E-state index in [1.807, 2.05) is 11.0 Å². The lowest BCUT2D eigenvalue weighted by Crippen LogP contribution is -2.48. The summed E-state index contributed by atoms with van der Waals surface area (Å²) in [5.41, 5.74) is 1.77. The SMILES string of the molecule is COc1cc(C(=S)N2CCN(c3ccccc3F)CC2)cc(Cl)c1OCC(=O)Nc1ccccc1Cl. The number of rotatable bonds is 7. The van der Waals surface area contributed by atoms with Crippen LogP contribution in [0.2, 0.25) is 10.0 Å². The van der Waals surface area contributed by atoms with E-state index >= 15 is 0 Å². The molecule has 0 saturated carbocycles. The van der Waals surface area contributed by atoms with E-state index in [1.165, 1.54) is 13.2 Å². The highest BCUT2D eigenvalue weighted by molar-refractivity contribution is 7.80. The molecule has 1 aliphatic rings. The largest absolute Gasteiger partial charge is 0.493 e. The summed E-state index contributed by atoms with van der Waals surface area (Å²) < 4.78 is 25.3. The fourth-order valence-corrected chi connectivity index (χ4v) is 4.66. The Morgan fingerprint density at radius 3 is 2.42 bits per heavy atom. The molecule has 4 rings (SSSR count). The van der Waals surface area contributed by atoms with Gasteiger partial charge < -0.3 is 24.6 Å². The van der Waals surface area contributed by atoms with Crippen molar-refractivity contribution < 1.29 is 18.7 Å². The van der Waals surface area contributed by atoms with Crippen LogP contribution in [0.1, 0.15) is 5.56 Å². The number of nitrogens with zero attached hydrogens (tertiary/aromatic N) is 2. The number of para-hydroxylation sites is 2. The lowest BCUT2D eigenvalue weighted by atomic mass is 10.1. The molecule has 0 unspecified atom stereocenters. The predicted octanol–water partition coefficient (Wildman–Crippen LogP) is 5.66. The summed E-state index contributed by atoms with van der Waals surface area (Å²) in [6.07, 6.45) is 0. The number of hydrogen-bond donors (Lipinski definition) is 1. The number of methoxy groups -OCH3 is 1. The molecule has 6 nitrogen and oxygen atoms in total. The maximum atomic E-state index is 14.1. The first-order chi connectivity index (χ1) is 17.4. The molecule has 0 radical (unpaired) electrons. The molecule has 3 aromatic carbocycles. The minimum atomic E-state index is -0.395. The number of hydrogen-bond acceptors (Lipinski definition) is 5. The zero-order valence-corrected chi connectivity index (χ0v) is 21.8. The number of benzene rings is 3. The average molecular weight is 548 g/mol. The van der Waals surface area contributed by atoms with E-state index < -0.39 is 5.91 Å². The first kappa shape index (κ1) is 26.0. The van der Waals surface area contributed by atoms with Gasteiger partial charge in [0.2, 0.25) is 0 Å². The second-order valence-electron chi connectivity index (χ2n) is 8.04. The van der Waals surface area contributed by atoms with Gasteiger partial charge in [-0.1, -0.05) is 59.7 Å². The van der Waals surface area contributed by atoms with Crippen molar-refractivity contribution in [1.29, 1.82) is 0 Å². The van der Waals surface area contributed by atoms with E-state index in [1.54, 1.807) is 48.5 Å². The Kier molecular flexibility index (Phi) is 8.51. The summed E-state index contributed by atoms with van der Waals surface area (Å²) in [6, 6.07) is 17.1. The van der Waals surface area contributed by atoms with Gasteiger partial charge >= 0.3 is 0 Å². The molecule has 36 heavy (non-hydrogen) atoms. The summed E-state index contributed by atoms with van der Waals surface area (Å²) in [7, 11) is 1.49. The third-order valence-corrected chi connectivity index (χ3v) is 6.84. The molecule has 0 spiro atoms. The highest BCUT2D eigenvalue weighted by Crippen LogP contribution is 2.37. The van der Waals surface area contributed by atoms with Crippen LogP contribution in [0.25, 0.3) is 0 Å². The zero-order valence-electron chi connectivity index (χ0n) is 19.5. The van der Waals surface area contributed by atoms with E-state index in [0.717, 1.165) is 0 Å². The molecule has 3 aromatic rings. The number of amides is 1. The van der Waals surface area contributed by atoms with Crippen molar-refractivity contribution >= 4 is 57.7 Å². The topological polar surface area (TPSA) is 54.0 Å². The first-order valence-corrected chi connectivity index (χ1v) is 12.4. The average Bonchev–Trinajstić information content (AvgIpc) is 2.89. The normalized spacial score (nSPS) is 13.3. The third kappa shape index (κ3) is 6.00. The molecular weight excluding hydrogens is 524 g/mol. The first-order valence-electron chi connectivity index (χ1n) is 11.2. The van der Waals surface area contributed by atoms with Crippen LogP contribution in [0.15, 0.2) is 60.7 Å². The standard InChI is InChI=1S/C26H24Cl2FN3O3S/c1-34-23-15-17(26(36)32-12-10-31(11-13-32)22-9-5-3-7-20(22)29)14-19(28)25(23)35-16-24(33)30-21-8-4-2-6-18(21)27/h2-9,14-15H,10-13,16H2,1H3,(H,30,33). The molecule has 1 heterocycles. The van der Waals surface area contributed by atoms with Crippen LogP contribution in [-0.4, -0.2) is 55.7 Å². The molecule has 10 heteroatoms. The minimum Gasteiger partial charge on any atom is -0.493 e. The molecule has 1 N–H and O–H groups in total. The highest BCUT2D eigenvalue weighted by Gasteiger charge is 2.23. The van der Waals surface area contributed by atoms with E-state index in [2.05, 4.69) is 10.2 Å². The Hall–Kier alpha value is -3.07. The number of nitrogens with one attached hydrogen (secondary N) is 1. The van der Waals surface area contributed by atoms with Gasteiger partial charge in [-0.3, -0.25) is 4.79 Å². The van der Waals surface area contributed by atoms with Gasteiger partial charge in [0.05, 0.1) is 28.5 Å². The Balaban J connectivity index is 1.40. The Morgan fingerprint density at radius 2 is 1.72 bits per heavy atom. The number of halogens is 3. The number of carbonyl (C=O) groups excluding carboxylic acids is 1. The van der Waals surface area contributed by atoms with Gasteiger partial charge in [0.25, 0.3) is 5.91 Å². The number of piperazine rings is 1. The Bertz CT molecular complexity index is 1270. The van der Waals surface area contributed by atoms with Gasteiger partial charge in [0.1, 0.15) is 10.8 Å². The number of ether oxygens (including phenoxy) is 2. The molecule has 1 fully saturated rings. The fourth-order valence-electron chi connectivity index (χ4n) is 3.91. The van der Waals surface area contributed by atoms with Crippen molar-refractivity contribution in [2.24, 2.45) is 0 Å². The van der Waals surface area contributed by atoms with Gasteiger partial charge in [0.15, 0.2) is 18.1 Å². The second kappa shape index (κ2) is 11.8. The zero-order chi connectivity index (χ0) is 25.7. The fraction of sp³-hybridized carbons (Fsp3) is 0.231. The van der Waals surface area contributed by atoms with E-state index in [-0.39, 0.29) is 23.2 Å². The molecule has 0 bridgehead atoms. The van der Waals surface area contributed by atoms with Crippen molar-refractivity contribution in [3.8, 4) is 11.5 Å². The minimum absolute atomic E-state index is 0.235. The van der Waals surface area contributed by atoms with Crippen molar-refractivity contribution in [2.75, 3.05) is 50.1 Å². The lowest BCUT2D eigenvalue weighted by molar-refractivity contribution is -0.118. The molecule has 1 aliphatic heterocycles. The molecule has 1 saturated heterocycles. The Labute approximate surface area is 224 Å². The molecule has 0 aliphatic carbocycles. The summed E-state index contributed by atoms with van der Waals surface area (Å²) >= 11 is 18.3.